The van der Waals surface area contributed by atoms with E-state index < -0.39 is 0 Å². The van der Waals surface area contributed by atoms with Crippen molar-refractivity contribution >= 4 is 11.4 Å². The number of fused-ring (bicyclic) bond motifs is 1. The monoisotopic (exact) mass is 360 g/mol. The topological polar surface area (TPSA) is 79.2 Å². The first-order chi connectivity index (χ1) is 13.1. The molecule has 1 fully saturated rings. The number of carbonyl (C=O) groups is 1. The minimum absolute atomic E-state index is 0.0234. The Bertz CT molecular complexity index is 1060. The van der Waals surface area contributed by atoms with E-state index in [1.54, 1.807) is 15.4 Å². The summed E-state index contributed by atoms with van der Waals surface area (Å²) in [6.07, 6.45) is 10.4. The van der Waals surface area contributed by atoms with Crippen LogP contribution in [0.25, 0.3) is 16.6 Å². The van der Waals surface area contributed by atoms with Crippen LogP contribution >= 0.6 is 0 Å². The highest BCUT2D eigenvalue weighted by Crippen LogP contribution is 2.35. The number of rotatable bonds is 3. The minimum atomic E-state index is -0.0234. The van der Waals surface area contributed by atoms with Crippen LogP contribution in [-0.2, 0) is 11.8 Å². The van der Waals surface area contributed by atoms with Crippen LogP contribution in [0.1, 0.15) is 29.9 Å². The van der Waals surface area contributed by atoms with Crippen molar-refractivity contribution in [2.24, 2.45) is 7.05 Å². The Balaban J connectivity index is 1.76. The Hall–Kier alpha value is -3.40. The first-order valence-electron chi connectivity index (χ1n) is 8.92. The average Bonchev–Trinajstić information content (AvgIpc) is 3.32. The lowest BCUT2D eigenvalue weighted by Crippen LogP contribution is -2.36. The van der Waals surface area contributed by atoms with E-state index in [9.17, 15) is 10.1 Å². The summed E-state index contributed by atoms with van der Waals surface area (Å²) in [6.45, 7) is 4.95. The molecule has 0 N–H and O–H groups in total. The molecule has 1 saturated heterocycles. The number of aryl methyl sites for hydroxylation is 1. The van der Waals surface area contributed by atoms with Gasteiger partial charge in [0.15, 0.2) is 0 Å². The van der Waals surface area contributed by atoms with E-state index in [2.05, 4.69) is 28.9 Å². The molecule has 136 valence electrons. The molecule has 0 aliphatic carbocycles. The summed E-state index contributed by atoms with van der Waals surface area (Å²) in [6, 6.07) is 4.39. The fraction of sp³-hybridized carbons (Fsp3) is 0.300. The van der Waals surface area contributed by atoms with E-state index in [4.69, 9.17) is 0 Å². The lowest BCUT2D eigenvalue weighted by Gasteiger charge is -2.32. The van der Waals surface area contributed by atoms with Gasteiger partial charge < -0.3 is 4.90 Å². The molecule has 0 radical (unpaired) electrons. The van der Waals surface area contributed by atoms with Crippen molar-refractivity contribution in [1.82, 2.24) is 24.3 Å². The van der Waals surface area contributed by atoms with Crippen LogP contribution in [0, 0.1) is 11.3 Å². The van der Waals surface area contributed by atoms with Crippen LogP contribution in [0.5, 0.6) is 0 Å². The third-order valence-corrected chi connectivity index (χ3v) is 5.22. The number of amides is 1. The molecular formula is C20H20N6O. The van der Waals surface area contributed by atoms with E-state index in [1.165, 1.54) is 6.08 Å². The SMILES string of the molecule is C=CC(=O)N1CCC(c2cc(-c3cnn(C)c3)cn3ncc(C#N)c23)CC1. The van der Waals surface area contributed by atoms with Crippen LogP contribution in [-0.4, -0.2) is 43.3 Å². The summed E-state index contributed by atoms with van der Waals surface area (Å²) in [5.41, 5.74) is 4.57. The van der Waals surface area contributed by atoms with Gasteiger partial charge in [0.05, 0.1) is 23.5 Å². The molecule has 0 aromatic carbocycles. The van der Waals surface area contributed by atoms with Gasteiger partial charge in [0, 0.05) is 43.7 Å². The number of likely N-dealkylation sites (tertiary alicyclic amines) is 1. The zero-order valence-electron chi connectivity index (χ0n) is 15.2. The van der Waals surface area contributed by atoms with Crippen LogP contribution in [0.3, 0.4) is 0 Å². The van der Waals surface area contributed by atoms with Crippen molar-refractivity contribution in [2.45, 2.75) is 18.8 Å². The van der Waals surface area contributed by atoms with Gasteiger partial charge in [-0.05, 0) is 36.5 Å². The second kappa shape index (κ2) is 6.72. The molecule has 0 spiro atoms. The van der Waals surface area contributed by atoms with Crippen molar-refractivity contribution < 1.29 is 4.79 Å². The molecule has 4 rings (SSSR count). The first kappa shape index (κ1) is 17.0. The molecule has 0 unspecified atom stereocenters. The van der Waals surface area contributed by atoms with E-state index in [-0.39, 0.29) is 11.8 Å². The van der Waals surface area contributed by atoms with Crippen LogP contribution < -0.4 is 0 Å². The molecule has 1 aliphatic rings. The Morgan fingerprint density at radius 1 is 1.26 bits per heavy atom. The number of hydrogen-bond acceptors (Lipinski definition) is 4. The highest BCUT2D eigenvalue weighted by molar-refractivity contribution is 5.87. The quantitative estimate of drug-likeness (QED) is 0.672. The van der Waals surface area contributed by atoms with E-state index >= 15 is 0 Å². The summed E-state index contributed by atoms with van der Waals surface area (Å²) < 4.78 is 3.56. The number of piperidine rings is 1. The number of aromatic nitrogens is 4. The first-order valence-corrected chi connectivity index (χ1v) is 8.92. The highest BCUT2D eigenvalue weighted by Gasteiger charge is 2.26. The third kappa shape index (κ3) is 2.99. The minimum Gasteiger partial charge on any atom is -0.339 e. The maximum Gasteiger partial charge on any atom is 0.245 e. The summed E-state index contributed by atoms with van der Waals surface area (Å²) in [5, 5.41) is 18.1. The van der Waals surface area contributed by atoms with Gasteiger partial charge in [0.25, 0.3) is 0 Å². The van der Waals surface area contributed by atoms with Gasteiger partial charge in [0.2, 0.25) is 5.91 Å². The van der Waals surface area contributed by atoms with Gasteiger partial charge in [-0.1, -0.05) is 6.58 Å². The van der Waals surface area contributed by atoms with Crippen molar-refractivity contribution in [3.05, 3.63) is 54.6 Å². The highest BCUT2D eigenvalue weighted by atomic mass is 16.2. The van der Waals surface area contributed by atoms with Crippen molar-refractivity contribution in [3.8, 4) is 17.2 Å². The smallest absolute Gasteiger partial charge is 0.245 e. The molecule has 7 nitrogen and oxygen atoms in total. The van der Waals surface area contributed by atoms with E-state index in [1.807, 2.05) is 30.5 Å². The number of nitrogens with zero attached hydrogens (tertiary/aromatic N) is 6. The standard InChI is InChI=1S/C20H20N6O/c1-3-19(27)25-6-4-14(5-7-25)18-8-15(17-11-22-24(2)12-17)13-26-20(18)16(9-21)10-23-26/h3,8,10-14H,1,4-7H2,2H3. The number of nitriles is 1. The molecule has 0 atom stereocenters. The fourth-order valence-electron chi connectivity index (χ4n) is 3.81. The van der Waals surface area contributed by atoms with Crippen molar-refractivity contribution in [1.29, 1.82) is 5.26 Å². The van der Waals surface area contributed by atoms with Gasteiger partial charge >= 0.3 is 0 Å². The molecule has 4 heterocycles. The normalized spacial score (nSPS) is 15.0. The second-order valence-corrected chi connectivity index (χ2v) is 6.85. The van der Waals surface area contributed by atoms with Gasteiger partial charge in [-0.25, -0.2) is 4.52 Å². The summed E-state index contributed by atoms with van der Waals surface area (Å²) in [5.74, 6) is 0.242. The van der Waals surface area contributed by atoms with E-state index in [0.29, 0.717) is 18.7 Å². The van der Waals surface area contributed by atoms with Crippen LogP contribution in [0.4, 0.5) is 0 Å². The average molecular weight is 360 g/mol. The maximum absolute atomic E-state index is 11.9. The molecule has 27 heavy (non-hydrogen) atoms. The molecule has 0 bridgehead atoms. The summed E-state index contributed by atoms with van der Waals surface area (Å²) in [4.78, 5) is 13.7. The van der Waals surface area contributed by atoms with Gasteiger partial charge in [-0.15, -0.1) is 0 Å². The molecule has 0 saturated carbocycles. The molecule has 1 amide bonds. The van der Waals surface area contributed by atoms with Crippen LogP contribution in [0.2, 0.25) is 0 Å². The molecule has 7 heteroatoms. The van der Waals surface area contributed by atoms with E-state index in [0.717, 1.165) is 35.0 Å². The zero-order chi connectivity index (χ0) is 19.0. The number of carbonyl (C=O) groups excluding carboxylic acids is 1. The van der Waals surface area contributed by atoms with Gasteiger partial charge in [0.1, 0.15) is 6.07 Å². The largest absolute Gasteiger partial charge is 0.339 e. The Morgan fingerprint density at radius 3 is 2.67 bits per heavy atom. The Labute approximate surface area is 157 Å². The Kier molecular flexibility index (Phi) is 4.24. The molecule has 3 aromatic rings. The maximum atomic E-state index is 11.9. The Morgan fingerprint density at radius 2 is 2.04 bits per heavy atom. The fourth-order valence-corrected chi connectivity index (χ4v) is 3.81. The lowest BCUT2D eigenvalue weighted by atomic mass is 9.87. The molecule has 3 aromatic heterocycles. The van der Waals surface area contributed by atoms with Crippen LogP contribution in [0.15, 0.2) is 43.5 Å². The zero-order valence-corrected chi connectivity index (χ0v) is 15.2. The predicted octanol–water partition coefficient (Wildman–Crippen LogP) is 2.50. The predicted molar refractivity (Wildman–Crippen MR) is 101 cm³/mol. The van der Waals surface area contributed by atoms with Gasteiger partial charge in [-0.2, -0.15) is 15.5 Å². The number of hydrogen-bond donors (Lipinski definition) is 0. The second-order valence-electron chi connectivity index (χ2n) is 6.85. The summed E-state index contributed by atoms with van der Waals surface area (Å²) >= 11 is 0. The third-order valence-electron chi connectivity index (χ3n) is 5.22. The summed E-state index contributed by atoms with van der Waals surface area (Å²) in [7, 11) is 1.89. The molecule has 1 aliphatic heterocycles. The van der Waals surface area contributed by atoms with Crippen molar-refractivity contribution in [2.75, 3.05) is 13.1 Å². The molecular weight excluding hydrogens is 340 g/mol. The van der Waals surface area contributed by atoms with Crippen molar-refractivity contribution in [3.63, 3.8) is 0 Å². The van der Waals surface area contributed by atoms with Gasteiger partial charge in [-0.3, -0.25) is 9.48 Å². The number of pyridine rings is 1. The lowest BCUT2D eigenvalue weighted by molar-refractivity contribution is -0.127.